The fourth-order valence-corrected chi connectivity index (χ4v) is 2.54. The van der Waals surface area contributed by atoms with Crippen LogP contribution in [-0.4, -0.2) is 25.7 Å². The summed E-state index contributed by atoms with van der Waals surface area (Å²) >= 11 is 1.35. The summed E-state index contributed by atoms with van der Waals surface area (Å²) < 4.78 is 1.31. The van der Waals surface area contributed by atoms with Crippen molar-refractivity contribution in [2.24, 2.45) is 0 Å². The molecule has 0 atom stereocenters. The normalized spacial score (nSPS) is 10.1. The van der Waals surface area contributed by atoms with E-state index in [1.54, 1.807) is 6.07 Å². The van der Waals surface area contributed by atoms with Crippen molar-refractivity contribution in [2.45, 2.75) is 6.54 Å². The summed E-state index contributed by atoms with van der Waals surface area (Å²) in [6, 6.07) is 11.5. The number of nitrogens with zero attached hydrogens (tertiary/aromatic N) is 5. The van der Waals surface area contributed by atoms with Crippen molar-refractivity contribution in [3.63, 3.8) is 0 Å². The fourth-order valence-electron chi connectivity index (χ4n) is 1.80. The van der Waals surface area contributed by atoms with E-state index in [0.717, 1.165) is 11.3 Å². The molecule has 8 heteroatoms. The summed E-state index contributed by atoms with van der Waals surface area (Å²) in [4.78, 5) is 20.0. The Balaban J connectivity index is 1.65. The van der Waals surface area contributed by atoms with Gasteiger partial charge in [0, 0.05) is 10.9 Å². The lowest BCUT2D eigenvalue weighted by Crippen LogP contribution is -2.19. The first-order chi connectivity index (χ1) is 10.7. The average Bonchev–Trinajstić information content (AvgIpc) is 3.17. The largest absolute Gasteiger partial charge is 0.300 e. The first kappa shape index (κ1) is 13.9. The van der Waals surface area contributed by atoms with Crippen molar-refractivity contribution < 1.29 is 4.79 Å². The maximum absolute atomic E-state index is 11.9. The Morgan fingerprint density at radius 3 is 2.91 bits per heavy atom. The highest BCUT2D eigenvalue weighted by Gasteiger charge is 2.09. The molecule has 108 valence electrons. The van der Waals surface area contributed by atoms with Crippen LogP contribution in [0.1, 0.15) is 5.82 Å². The number of rotatable bonds is 4. The monoisotopic (exact) mass is 310 g/mol. The van der Waals surface area contributed by atoms with Crippen molar-refractivity contribution >= 4 is 22.4 Å². The molecule has 0 saturated carbocycles. The van der Waals surface area contributed by atoms with E-state index in [1.165, 1.54) is 22.3 Å². The quantitative estimate of drug-likeness (QED) is 0.794. The molecule has 1 aromatic carbocycles. The maximum atomic E-state index is 11.9. The van der Waals surface area contributed by atoms with Gasteiger partial charge < -0.3 is 5.32 Å². The summed E-state index contributed by atoms with van der Waals surface area (Å²) in [5.74, 6) is -0.239. The highest BCUT2D eigenvalue weighted by Crippen LogP contribution is 2.24. The Kier molecular flexibility index (Phi) is 3.89. The second-order valence-electron chi connectivity index (χ2n) is 4.33. The Labute approximate surface area is 129 Å². The van der Waals surface area contributed by atoms with E-state index in [9.17, 15) is 4.79 Å². The molecule has 0 aliphatic carbocycles. The molecule has 3 rings (SSSR count). The van der Waals surface area contributed by atoms with Crippen LogP contribution in [0, 0.1) is 11.3 Å². The van der Waals surface area contributed by atoms with Gasteiger partial charge >= 0.3 is 0 Å². The van der Waals surface area contributed by atoms with Gasteiger partial charge in [-0.2, -0.15) is 5.26 Å². The molecule has 0 aliphatic rings. The van der Waals surface area contributed by atoms with Crippen LogP contribution in [0.2, 0.25) is 0 Å². The Hall–Kier alpha value is -3.05. The molecule has 1 N–H and O–H groups in total. The minimum Gasteiger partial charge on any atom is -0.300 e. The van der Waals surface area contributed by atoms with Crippen molar-refractivity contribution in [1.82, 2.24) is 19.7 Å². The van der Waals surface area contributed by atoms with Gasteiger partial charge in [0.05, 0.1) is 5.69 Å². The lowest BCUT2D eigenvalue weighted by molar-refractivity contribution is -0.116. The third-order valence-corrected chi connectivity index (χ3v) is 3.52. The molecule has 0 spiro atoms. The average molecular weight is 310 g/mol. The standard InChI is InChI=1S/C14H10N6OS/c15-6-12-16-9-20(19-12)7-13(21)18-14-17-11(8-22-14)10-4-2-1-3-5-10/h1-5,8-9H,7H2,(H,17,18,21). The lowest BCUT2D eigenvalue weighted by atomic mass is 10.2. The van der Waals surface area contributed by atoms with Gasteiger partial charge in [0.15, 0.2) is 5.13 Å². The third kappa shape index (κ3) is 3.16. The van der Waals surface area contributed by atoms with Crippen LogP contribution in [-0.2, 0) is 11.3 Å². The molecule has 1 amide bonds. The first-order valence-electron chi connectivity index (χ1n) is 6.35. The molecule has 0 unspecified atom stereocenters. The van der Waals surface area contributed by atoms with Gasteiger partial charge in [-0.25, -0.2) is 14.6 Å². The molecule has 7 nitrogen and oxygen atoms in total. The molecule has 0 fully saturated rings. The first-order valence-corrected chi connectivity index (χ1v) is 7.23. The summed E-state index contributed by atoms with van der Waals surface area (Å²) in [5, 5.41) is 17.6. The summed E-state index contributed by atoms with van der Waals surface area (Å²) in [5.41, 5.74) is 1.81. The number of carbonyl (C=O) groups is 1. The molecule has 2 aromatic heterocycles. The number of thiazole rings is 1. The molecule has 22 heavy (non-hydrogen) atoms. The molecule has 3 aromatic rings. The molecule has 2 heterocycles. The molecule has 0 aliphatic heterocycles. The zero-order valence-corrected chi connectivity index (χ0v) is 12.1. The van der Waals surface area contributed by atoms with E-state index in [2.05, 4.69) is 20.4 Å². The fraction of sp³-hybridized carbons (Fsp3) is 0.0714. The molecule has 0 radical (unpaired) electrons. The SMILES string of the molecule is N#Cc1ncn(CC(=O)Nc2nc(-c3ccccc3)cs2)n1. The van der Waals surface area contributed by atoms with Gasteiger partial charge in [0.25, 0.3) is 5.82 Å². The lowest BCUT2D eigenvalue weighted by Gasteiger charge is -2.01. The Morgan fingerprint density at radius 2 is 2.18 bits per heavy atom. The van der Waals surface area contributed by atoms with E-state index in [4.69, 9.17) is 5.26 Å². The minimum absolute atomic E-state index is 0.0189. The van der Waals surface area contributed by atoms with Gasteiger partial charge in [0.1, 0.15) is 18.9 Å². The van der Waals surface area contributed by atoms with E-state index in [1.807, 2.05) is 35.7 Å². The smallest absolute Gasteiger partial charge is 0.252 e. The number of nitriles is 1. The number of amides is 1. The highest BCUT2D eigenvalue weighted by atomic mass is 32.1. The zero-order valence-electron chi connectivity index (χ0n) is 11.3. The maximum Gasteiger partial charge on any atom is 0.252 e. The second kappa shape index (κ2) is 6.15. The Bertz CT molecular complexity index is 832. The van der Waals surface area contributed by atoms with E-state index < -0.39 is 0 Å². The molecule has 0 saturated heterocycles. The van der Waals surface area contributed by atoms with Gasteiger partial charge in [-0.3, -0.25) is 4.79 Å². The van der Waals surface area contributed by atoms with Gasteiger partial charge in [-0.15, -0.1) is 16.4 Å². The summed E-state index contributed by atoms with van der Waals surface area (Å²) in [6.07, 6.45) is 1.34. The predicted octanol–water partition coefficient (Wildman–Crippen LogP) is 1.91. The number of aromatic nitrogens is 4. The number of hydrogen-bond acceptors (Lipinski definition) is 6. The van der Waals surface area contributed by atoms with Gasteiger partial charge in [-0.05, 0) is 0 Å². The number of benzene rings is 1. The van der Waals surface area contributed by atoms with Crippen LogP contribution >= 0.6 is 11.3 Å². The van der Waals surface area contributed by atoms with Crippen LogP contribution in [0.25, 0.3) is 11.3 Å². The summed E-state index contributed by atoms with van der Waals surface area (Å²) in [7, 11) is 0. The minimum atomic E-state index is -0.275. The van der Waals surface area contributed by atoms with Crippen molar-refractivity contribution in [3.8, 4) is 17.3 Å². The molecular weight excluding hydrogens is 300 g/mol. The third-order valence-electron chi connectivity index (χ3n) is 2.76. The number of nitrogens with one attached hydrogen (secondary N) is 1. The van der Waals surface area contributed by atoms with E-state index in [-0.39, 0.29) is 18.3 Å². The van der Waals surface area contributed by atoms with Crippen LogP contribution in [0.5, 0.6) is 0 Å². The van der Waals surface area contributed by atoms with Crippen LogP contribution in [0.4, 0.5) is 5.13 Å². The molecule has 0 bridgehead atoms. The number of hydrogen-bond donors (Lipinski definition) is 1. The van der Waals surface area contributed by atoms with Crippen molar-refractivity contribution in [1.29, 1.82) is 5.26 Å². The second-order valence-corrected chi connectivity index (χ2v) is 5.19. The van der Waals surface area contributed by atoms with E-state index in [0.29, 0.717) is 5.13 Å². The van der Waals surface area contributed by atoms with Crippen LogP contribution in [0.15, 0.2) is 42.0 Å². The number of carbonyl (C=O) groups excluding carboxylic acids is 1. The molecular formula is C14H10N6OS. The van der Waals surface area contributed by atoms with E-state index >= 15 is 0 Å². The van der Waals surface area contributed by atoms with Crippen molar-refractivity contribution in [2.75, 3.05) is 5.32 Å². The predicted molar refractivity (Wildman–Crippen MR) is 80.9 cm³/mol. The summed E-state index contributed by atoms with van der Waals surface area (Å²) in [6.45, 7) is -0.0189. The Morgan fingerprint density at radius 1 is 1.36 bits per heavy atom. The highest BCUT2D eigenvalue weighted by molar-refractivity contribution is 7.14. The van der Waals surface area contributed by atoms with Gasteiger partial charge in [-0.1, -0.05) is 30.3 Å². The van der Waals surface area contributed by atoms with Crippen LogP contribution in [0.3, 0.4) is 0 Å². The van der Waals surface area contributed by atoms with Crippen molar-refractivity contribution in [3.05, 3.63) is 47.9 Å². The number of anilines is 1. The topological polar surface area (TPSA) is 96.5 Å². The van der Waals surface area contributed by atoms with Gasteiger partial charge in [0.2, 0.25) is 5.91 Å². The zero-order chi connectivity index (χ0) is 15.4. The van der Waals surface area contributed by atoms with Crippen LogP contribution < -0.4 is 5.32 Å².